The second-order valence-electron chi connectivity index (χ2n) is 6.02. The Kier molecular flexibility index (Phi) is 6.11. The molecule has 0 atom stereocenters. The lowest BCUT2D eigenvalue weighted by atomic mass is 10.1. The minimum atomic E-state index is -0.479. The molecule has 0 aliphatic rings. The second kappa shape index (κ2) is 8.90. The third-order valence-corrected chi connectivity index (χ3v) is 4.10. The van der Waals surface area contributed by atoms with Gasteiger partial charge in [0.15, 0.2) is 0 Å². The molecule has 0 fully saturated rings. The van der Waals surface area contributed by atoms with Crippen LogP contribution in [0.2, 0.25) is 0 Å². The summed E-state index contributed by atoms with van der Waals surface area (Å²) in [5.41, 5.74) is 2.09. The smallest absolute Gasteiger partial charge is 0.338 e. The highest BCUT2D eigenvalue weighted by Gasteiger charge is 2.19. The van der Waals surface area contributed by atoms with Crippen LogP contribution < -0.4 is 4.90 Å². The summed E-state index contributed by atoms with van der Waals surface area (Å²) in [7, 11) is 0. The van der Waals surface area contributed by atoms with E-state index >= 15 is 0 Å². The van der Waals surface area contributed by atoms with E-state index in [0.717, 1.165) is 5.56 Å². The normalized spacial score (nSPS) is 10.4. The maximum Gasteiger partial charge on any atom is 0.338 e. The van der Waals surface area contributed by atoms with Gasteiger partial charge in [-0.2, -0.15) is 0 Å². The number of carbonyl (C=O) groups is 2. The summed E-state index contributed by atoms with van der Waals surface area (Å²) >= 11 is 0. The first-order valence-electron chi connectivity index (χ1n) is 8.82. The number of pyridine rings is 1. The first kappa shape index (κ1) is 19.2. The number of anilines is 1. The van der Waals surface area contributed by atoms with Crippen LogP contribution in [0, 0.1) is 5.82 Å². The molecule has 0 saturated heterocycles. The van der Waals surface area contributed by atoms with Gasteiger partial charge in [-0.3, -0.25) is 9.78 Å². The summed E-state index contributed by atoms with van der Waals surface area (Å²) in [6.07, 6.45) is 3.29. The van der Waals surface area contributed by atoms with Crippen molar-refractivity contribution in [2.45, 2.75) is 13.5 Å². The number of ether oxygens (including phenoxy) is 1. The molecule has 1 amide bonds. The predicted molar refractivity (Wildman–Crippen MR) is 104 cm³/mol. The zero-order valence-electron chi connectivity index (χ0n) is 15.3. The highest BCUT2D eigenvalue weighted by Crippen LogP contribution is 2.22. The molecule has 0 radical (unpaired) electrons. The topological polar surface area (TPSA) is 59.5 Å². The lowest BCUT2D eigenvalue weighted by Gasteiger charge is -2.23. The van der Waals surface area contributed by atoms with Crippen molar-refractivity contribution in [1.29, 1.82) is 0 Å². The number of amides is 1. The van der Waals surface area contributed by atoms with Crippen LogP contribution in [0.15, 0.2) is 73.1 Å². The number of esters is 1. The summed E-state index contributed by atoms with van der Waals surface area (Å²) < 4.78 is 18.6. The molecule has 0 N–H and O–H groups in total. The molecule has 142 valence electrons. The number of aromatic nitrogens is 1. The van der Waals surface area contributed by atoms with Crippen LogP contribution in [0.4, 0.5) is 10.1 Å². The molecule has 0 aliphatic heterocycles. The van der Waals surface area contributed by atoms with E-state index in [-0.39, 0.29) is 24.6 Å². The summed E-state index contributed by atoms with van der Waals surface area (Å²) in [5.74, 6) is -1.25. The number of carbonyl (C=O) groups excluding carboxylic acids is 2. The van der Waals surface area contributed by atoms with Crippen LogP contribution in [-0.2, 0) is 11.3 Å². The number of rotatable bonds is 6. The van der Waals surface area contributed by atoms with E-state index in [2.05, 4.69) is 4.98 Å². The number of benzene rings is 2. The van der Waals surface area contributed by atoms with Crippen molar-refractivity contribution in [3.05, 3.63) is 95.6 Å². The Labute approximate surface area is 162 Å². The van der Waals surface area contributed by atoms with Crippen LogP contribution in [0.25, 0.3) is 0 Å². The molecular weight excluding hydrogens is 359 g/mol. The number of hydrogen-bond acceptors (Lipinski definition) is 4. The van der Waals surface area contributed by atoms with Crippen LogP contribution in [0.5, 0.6) is 0 Å². The second-order valence-corrected chi connectivity index (χ2v) is 6.02. The first-order chi connectivity index (χ1) is 13.6. The van der Waals surface area contributed by atoms with Gasteiger partial charge in [0.1, 0.15) is 5.82 Å². The Morgan fingerprint density at radius 1 is 1.00 bits per heavy atom. The van der Waals surface area contributed by atoms with Gasteiger partial charge >= 0.3 is 5.97 Å². The first-order valence-corrected chi connectivity index (χ1v) is 8.82. The van der Waals surface area contributed by atoms with E-state index in [1.54, 1.807) is 61.8 Å². The van der Waals surface area contributed by atoms with Crippen molar-refractivity contribution < 1.29 is 18.7 Å². The minimum absolute atomic E-state index is 0.239. The van der Waals surface area contributed by atoms with Gasteiger partial charge < -0.3 is 9.64 Å². The van der Waals surface area contributed by atoms with Crippen LogP contribution in [0.1, 0.15) is 33.2 Å². The van der Waals surface area contributed by atoms with Gasteiger partial charge in [-0.25, -0.2) is 9.18 Å². The molecule has 1 aromatic heterocycles. The Bertz CT molecular complexity index is 959. The standard InChI is InChI=1S/C22H19FN2O3/c1-2-28-22(27)17-6-8-20(9-7-17)25(15-16-10-12-24-13-11-16)21(26)18-4-3-5-19(23)14-18/h3-14H,2,15H2,1H3. The van der Waals surface area contributed by atoms with E-state index < -0.39 is 11.8 Å². The number of halogens is 1. The fourth-order valence-corrected chi connectivity index (χ4v) is 2.72. The maximum atomic E-state index is 13.6. The van der Waals surface area contributed by atoms with Crippen molar-refractivity contribution in [3.63, 3.8) is 0 Å². The lowest BCUT2D eigenvalue weighted by Crippen LogP contribution is -2.30. The van der Waals surface area contributed by atoms with E-state index in [4.69, 9.17) is 4.74 Å². The molecule has 28 heavy (non-hydrogen) atoms. The van der Waals surface area contributed by atoms with Gasteiger partial charge in [-0.05, 0) is 67.1 Å². The molecule has 0 saturated carbocycles. The summed E-state index contributed by atoms with van der Waals surface area (Å²) in [5, 5.41) is 0. The Morgan fingerprint density at radius 2 is 1.71 bits per heavy atom. The van der Waals surface area contributed by atoms with Crippen molar-refractivity contribution >= 4 is 17.6 Å². The van der Waals surface area contributed by atoms with E-state index in [0.29, 0.717) is 11.3 Å². The summed E-state index contributed by atoms with van der Waals surface area (Å²) in [6.45, 7) is 2.30. The van der Waals surface area contributed by atoms with E-state index in [9.17, 15) is 14.0 Å². The minimum Gasteiger partial charge on any atom is -0.462 e. The van der Waals surface area contributed by atoms with Gasteiger partial charge in [0.2, 0.25) is 0 Å². The Hall–Kier alpha value is -3.54. The van der Waals surface area contributed by atoms with Gasteiger partial charge in [0, 0.05) is 23.6 Å². The van der Waals surface area contributed by atoms with Crippen molar-refractivity contribution in [2.24, 2.45) is 0 Å². The average Bonchev–Trinajstić information content (AvgIpc) is 2.72. The molecule has 0 unspecified atom stereocenters. The molecule has 3 rings (SSSR count). The molecule has 2 aromatic carbocycles. The van der Waals surface area contributed by atoms with E-state index in [1.807, 2.05) is 0 Å². The third kappa shape index (κ3) is 4.59. The maximum absolute atomic E-state index is 13.6. The average molecular weight is 378 g/mol. The highest BCUT2D eigenvalue weighted by molar-refractivity contribution is 6.06. The van der Waals surface area contributed by atoms with Gasteiger partial charge in [0.05, 0.1) is 18.7 Å². The Morgan fingerprint density at radius 3 is 2.36 bits per heavy atom. The number of nitrogens with zero attached hydrogens (tertiary/aromatic N) is 2. The molecule has 0 spiro atoms. The molecule has 5 nitrogen and oxygen atoms in total. The molecule has 6 heteroatoms. The predicted octanol–water partition coefficient (Wildman–Crippen LogP) is 4.24. The van der Waals surface area contributed by atoms with Gasteiger partial charge in [-0.1, -0.05) is 6.07 Å². The van der Waals surface area contributed by atoms with Gasteiger partial charge in [0.25, 0.3) is 5.91 Å². The molecule has 0 aliphatic carbocycles. The molecular formula is C22H19FN2O3. The van der Waals surface area contributed by atoms with Gasteiger partial charge in [-0.15, -0.1) is 0 Å². The highest BCUT2D eigenvalue weighted by atomic mass is 19.1. The quantitative estimate of drug-likeness (QED) is 0.602. The van der Waals surface area contributed by atoms with Crippen LogP contribution >= 0.6 is 0 Å². The van der Waals surface area contributed by atoms with Crippen molar-refractivity contribution in [2.75, 3.05) is 11.5 Å². The summed E-state index contributed by atoms with van der Waals surface area (Å²) in [6, 6.07) is 15.7. The SMILES string of the molecule is CCOC(=O)c1ccc(N(Cc2ccncc2)C(=O)c2cccc(F)c2)cc1. The number of hydrogen-bond donors (Lipinski definition) is 0. The fraction of sp³-hybridized carbons (Fsp3) is 0.136. The molecule has 1 heterocycles. The Balaban J connectivity index is 1.94. The van der Waals surface area contributed by atoms with Crippen LogP contribution in [-0.4, -0.2) is 23.5 Å². The summed E-state index contributed by atoms with van der Waals surface area (Å²) in [4.78, 5) is 30.4. The van der Waals surface area contributed by atoms with Crippen molar-refractivity contribution in [3.8, 4) is 0 Å². The zero-order valence-corrected chi connectivity index (χ0v) is 15.3. The third-order valence-electron chi connectivity index (χ3n) is 4.10. The lowest BCUT2D eigenvalue weighted by molar-refractivity contribution is 0.0526. The fourth-order valence-electron chi connectivity index (χ4n) is 2.72. The monoisotopic (exact) mass is 378 g/mol. The molecule has 0 bridgehead atoms. The zero-order chi connectivity index (χ0) is 19.9. The van der Waals surface area contributed by atoms with Crippen molar-refractivity contribution in [1.82, 2.24) is 4.98 Å². The van der Waals surface area contributed by atoms with E-state index in [1.165, 1.54) is 23.1 Å². The molecule has 3 aromatic rings. The largest absolute Gasteiger partial charge is 0.462 e. The van der Waals surface area contributed by atoms with Crippen LogP contribution in [0.3, 0.4) is 0 Å².